The molecule has 1 aromatic heterocycles. The maximum atomic E-state index is 13.6. The van der Waals surface area contributed by atoms with Gasteiger partial charge in [0.25, 0.3) is 21.5 Å². The van der Waals surface area contributed by atoms with Crippen LogP contribution in [0.25, 0.3) is 11.1 Å². The number of fused-ring (bicyclic) bond motifs is 1. The number of aromatic nitrogens is 1. The third kappa shape index (κ3) is 9.10. The molecular weight excluding hydrogens is 719 g/mol. The van der Waals surface area contributed by atoms with Crippen molar-refractivity contribution in [3.63, 3.8) is 0 Å². The predicted molar refractivity (Wildman–Crippen MR) is 214 cm³/mol. The van der Waals surface area contributed by atoms with Crippen molar-refractivity contribution in [1.29, 1.82) is 0 Å². The number of amides is 1. The minimum absolute atomic E-state index is 0.0183. The Morgan fingerprint density at radius 3 is 2.35 bits per heavy atom. The van der Waals surface area contributed by atoms with E-state index in [4.69, 9.17) is 10.5 Å². The molecule has 1 aliphatic heterocycles. The molecule has 0 radical (unpaired) electrons. The Hall–Kier alpha value is -5.43. The molecule has 0 saturated carbocycles. The number of nitrogens with one attached hydrogen (secondary N) is 2. The van der Waals surface area contributed by atoms with Crippen molar-refractivity contribution in [2.24, 2.45) is 10.7 Å². The van der Waals surface area contributed by atoms with Crippen LogP contribution in [0.2, 0.25) is 0 Å². The standard InChI is InChI=1S/C42H51N5O7S/c1-25(2)30-15-10-11-17-33(30)32-16-9-8-14-29(32)24-47-23-13-18-34(39(47)49)38(48)45-35(40(50)51)19-12-22-44-41(43)46-55(52,53)37-27(4)26(3)36-31(28(37)5)20-21-42(6,7)54-36/h8-11,13-18,23,25,35H,12,19-22,24H2,1-7H3,(H,45,48)(H,50,51)(H3,43,44,46)/t35-/m0/s1. The Morgan fingerprint density at radius 2 is 1.65 bits per heavy atom. The van der Waals surface area contributed by atoms with Crippen LogP contribution in [0.15, 0.2) is 81.5 Å². The molecular formula is C42H51N5O7S. The third-order valence-electron chi connectivity index (χ3n) is 10.2. The summed E-state index contributed by atoms with van der Waals surface area (Å²) < 4.78 is 37.1. The van der Waals surface area contributed by atoms with Crippen LogP contribution in [0, 0.1) is 20.8 Å². The molecule has 4 aromatic rings. The van der Waals surface area contributed by atoms with Gasteiger partial charge in [-0.25, -0.2) is 17.9 Å². The highest BCUT2D eigenvalue weighted by Crippen LogP contribution is 2.42. The molecule has 0 saturated heterocycles. The second kappa shape index (κ2) is 16.5. The summed E-state index contributed by atoms with van der Waals surface area (Å²) >= 11 is 0. The molecule has 0 bridgehead atoms. The fraction of sp³-hybridized carbons (Fsp3) is 0.381. The average molecular weight is 770 g/mol. The Morgan fingerprint density at radius 1 is 0.982 bits per heavy atom. The van der Waals surface area contributed by atoms with Crippen LogP contribution in [0.1, 0.15) is 96.6 Å². The number of guanidine groups is 1. The van der Waals surface area contributed by atoms with E-state index >= 15 is 0 Å². The van der Waals surface area contributed by atoms with Crippen LogP contribution in [-0.2, 0) is 27.8 Å². The molecule has 0 spiro atoms. The molecule has 5 rings (SSSR count). The Labute approximate surface area is 322 Å². The van der Waals surface area contributed by atoms with Crippen molar-refractivity contribution in [2.75, 3.05) is 6.54 Å². The first-order valence-corrected chi connectivity index (χ1v) is 19.9. The van der Waals surface area contributed by atoms with Gasteiger partial charge in [-0.05, 0) is 123 Å². The summed E-state index contributed by atoms with van der Waals surface area (Å²) in [7, 11) is -4.11. The SMILES string of the molecule is Cc1c(C)c(S(=O)(=O)NC(N)=NCCC[C@H](NC(=O)c2cccn(Cc3ccccc3-c3ccccc3C(C)C)c2=O)C(=O)O)c(C)c2c1OC(C)(C)CC2. The van der Waals surface area contributed by atoms with E-state index in [0.717, 1.165) is 40.0 Å². The van der Waals surface area contributed by atoms with Gasteiger partial charge in [0.2, 0.25) is 5.96 Å². The van der Waals surface area contributed by atoms with Gasteiger partial charge in [0.1, 0.15) is 23.0 Å². The fourth-order valence-electron chi connectivity index (χ4n) is 7.14. The third-order valence-corrected chi connectivity index (χ3v) is 11.8. The van der Waals surface area contributed by atoms with E-state index in [1.807, 2.05) is 57.2 Å². The number of carbonyl (C=O) groups excluding carboxylic acids is 1. The summed E-state index contributed by atoms with van der Waals surface area (Å²) in [6.07, 6.45) is 3.11. The number of aliphatic imine (C=N–C) groups is 1. The molecule has 1 amide bonds. The van der Waals surface area contributed by atoms with Gasteiger partial charge >= 0.3 is 5.97 Å². The zero-order valence-electron chi connectivity index (χ0n) is 32.5. The molecule has 2 heterocycles. The average Bonchev–Trinajstić information content (AvgIpc) is 3.12. The molecule has 55 heavy (non-hydrogen) atoms. The zero-order valence-corrected chi connectivity index (χ0v) is 33.3. The number of carbonyl (C=O) groups is 2. The molecule has 0 unspecified atom stereocenters. The van der Waals surface area contributed by atoms with E-state index in [2.05, 4.69) is 41.0 Å². The van der Waals surface area contributed by atoms with Crippen LogP contribution < -0.4 is 26.1 Å². The van der Waals surface area contributed by atoms with E-state index in [9.17, 15) is 27.9 Å². The maximum Gasteiger partial charge on any atom is 0.326 e. The smallest absolute Gasteiger partial charge is 0.326 e. The normalized spacial score (nSPS) is 14.5. The van der Waals surface area contributed by atoms with Crippen molar-refractivity contribution in [1.82, 2.24) is 14.6 Å². The lowest BCUT2D eigenvalue weighted by Gasteiger charge is -2.35. The van der Waals surface area contributed by atoms with Crippen LogP contribution in [0.3, 0.4) is 0 Å². The number of nitrogens with two attached hydrogens (primary N) is 1. The summed E-state index contributed by atoms with van der Waals surface area (Å²) in [6.45, 7) is 13.8. The molecule has 13 heteroatoms. The van der Waals surface area contributed by atoms with Crippen molar-refractivity contribution in [3.8, 4) is 16.9 Å². The van der Waals surface area contributed by atoms with Crippen molar-refractivity contribution in [3.05, 3.63) is 116 Å². The first-order chi connectivity index (χ1) is 25.9. The quantitative estimate of drug-likeness (QED) is 0.0729. The van der Waals surface area contributed by atoms with Gasteiger partial charge in [0.05, 0.1) is 11.4 Å². The zero-order chi connectivity index (χ0) is 40.2. The Bertz CT molecular complexity index is 2310. The van der Waals surface area contributed by atoms with Crippen molar-refractivity contribution >= 4 is 27.9 Å². The number of hydrogen-bond acceptors (Lipinski definition) is 7. The lowest BCUT2D eigenvalue weighted by Crippen LogP contribution is -2.43. The largest absolute Gasteiger partial charge is 0.487 e. The highest BCUT2D eigenvalue weighted by atomic mass is 32.2. The number of ether oxygens (including phenoxy) is 1. The summed E-state index contributed by atoms with van der Waals surface area (Å²) in [5.74, 6) is -1.45. The number of rotatable bonds is 13. The van der Waals surface area contributed by atoms with Crippen molar-refractivity contribution < 1.29 is 27.9 Å². The summed E-state index contributed by atoms with van der Waals surface area (Å²) in [4.78, 5) is 43.3. The first-order valence-electron chi connectivity index (χ1n) is 18.5. The van der Waals surface area contributed by atoms with Gasteiger partial charge < -0.3 is 25.5 Å². The van der Waals surface area contributed by atoms with Gasteiger partial charge in [-0.3, -0.25) is 14.6 Å². The number of carboxylic acid groups (broad SMARTS) is 1. The van der Waals surface area contributed by atoms with E-state index in [-0.39, 0.29) is 53.9 Å². The number of hydrogen-bond donors (Lipinski definition) is 4. The molecule has 0 aliphatic carbocycles. The maximum absolute atomic E-state index is 13.6. The summed E-state index contributed by atoms with van der Waals surface area (Å²) in [5.41, 5.74) is 11.8. The lowest BCUT2D eigenvalue weighted by molar-refractivity contribution is -0.139. The Balaban J connectivity index is 1.24. The van der Waals surface area contributed by atoms with Gasteiger partial charge in [-0.1, -0.05) is 62.4 Å². The van der Waals surface area contributed by atoms with E-state index in [1.165, 1.54) is 16.2 Å². The Kier molecular flexibility index (Phi) is 12.2. The molecule has 0 fully saturated rings. The summed E-state index contributed by atoms with van der Waals surface area (Å²) in [5, 5.41) is 12.4. The van der Waals surface area contributed by atoms with Crippen LogP contribution in [0.5, 0.6) is 5.75 Å². The second-order valence-electron chi connectivity index (χ2n) is 15.0. The highest BCUT2D eigenvalue weighted by molar-refractivity contribution is 7.90. The van der Waals surface area contributed by atoms with Gasteiger partial charge in [0.15, 0.2) is 0 Å². The number of carboxylic acids is 1. The number of nitrogens with zero attached hydrogens (tertiary/aromatic N) is 2. The fourth-order valence-corrected chi connectivity index (χ4v) is 8.67. The van der Waals surface area contributed by atoms with Gasteiger partial charge in [-0.2, -0.15) is 0 Å². The highest BCUT2D eigenvalue weighted by Gasteiger charge is 2.34. The molecule has 292 valence electrons. The van der Waals surface area contributed by atoms with Crippen LogP contribution in [0.4, 0.5) is 0 Å². The minimum Gasteiger partial charge on any atom is -0.487 e. The molecule has 3 aromatic carbocycles. The first kappa shape index (κ1) is 40.7. The molecule has 1 aliphatic rings. The van der Waals surface area contributed by atoms with Gasteiger partial charge in [-0.15, -0.1) is 0 Å². The summed E-state index contributed by atoms with van der Waals surface area (Å²) in [6, 6.07) is 17.5. The van der Waals surface area contributed by atoms with Crippen molar-refractivity contribution in [2.45, 2.75) is 103 Å². The van der Waals surface area contributed by atoms with E-state index in [0.29, 0.717) is 17.5 Å². The number of pyridine rings is 1. The minimum atomic E-state index is -4.11. The topological polar surface area (TPSA) is 182 Å². The predicted octanol–water partition coefficient (Wildman–Crippen LogP) is 5.97. The van der Waals surface area contributed by atoms with Crippen LogP contribution >= 0.6 is 0 Å². The van der Waals surface area contributed by atoms with Crippen LogP contribution in [-0.4, -0.2) is 54.1 Å². The molecule has 5 N–H and O–H groups in total. The van der Waals surface area contributed by atoms with E-state index in [1.54, 1.807) is 26.1 Å². The monoisotopic (exact) mass is 769 g/mol. The lowest BCUT2D eigenvalue weighted by atomic mass is 9.88. The van der Waals surface area contributed by atoms with E-state index < -0.39 is 33.5 Å². The second-order valence-corrected chi connectivity index (χ2v) is 16.6. The number of sulfonamides is 1. The molecule has 12 nitrogen and oxygen atoms in total. The van der Waals surface area contributed by atoms with Gasteiger partial charge in [0, 0.05) is 12.7 Å². The number of aliphatic carboxylic acids is 1. The number of benzene rings is 3. The molecule has 1 atom stereocenters.